The first-order chi connectivity index (χ1) is 7.60. The van der Waals surface area contributed by atoms with Crippen molar-refractivity contribution in [2.24, 2.45) is 17.6 Å². The molecule has 3 heteroatoms. The van der Waals surface area contributed by atoms with E-state index in [1.54, 1.807) is 0 Å². The average molecular weight is 226 g/mol. The Labute approximate surface area is 99.4 Å². The van der Waals surface area contributed by atoms with Gasteiger partial charge in [-0.15, -0.1) is 0 Å². The fourth-order valence-electron chi connectivity index (χ4n) is 2.41. The number of nitrogens with zero attached hydrogens (tertiary/aromatic N) is 1. The molecule has 1 fully saturated rings. The Balaban J connectivity index is 2.54. The first kappa shape index (κ1) is 13.5. The summed E-state index contributed by atoms with van der Waals surface area (Å²) in [6, 6.07) is 0.0958. The molecule has 2 N–H and O–H groups in total. The van der Waals surface area contributed by atoms with Crippen LogP contribution in [0.1, 0.15) is 46.5 Å². The maximum atomic E-state index is 12.3. The van der Waals surface area contributed by atoms with Crippen molar-refractivity contribution in [1.29, 1.82) is 0 Å². The lowest BCUT2D eigenvalue weighted by molar-refractivity contribution is -0.136. The minimum atomic E-state index is 0.0870. The van der Waals surface area contributed by atoms with Crippen molar-refractivity contribution in [1.82, 2.24) is 4.90 Å². The minimum absolute atomic E-state index is 0.0870. The molecule has 0 bridgehead atoms. The van der Waals surface area contributed by atoms with Gasteiger partial charge in [-0.25, -0.2) is 0 Å². The van der Waals surface area contributed by atoms with Gasteiger partial charge in [-0.3, -0.25) is 4.79 Å². The summed E-state index contributed by atoms with van der Waals surface area (Å²) >= 11 is 0. The van der Waals surface area contributed by atoms with Gasteiger partial charge in [0.15, 0.2) is 0 Å². The molecule has 3 unspecified atom stereocenters. The smallest absolute Gasteiger partial charge is 0.227 e. The van der Waals surface area contributed by atoms with E-state index in [1.165, 1.54) is 0 Å². The second-order valence-electron chi connectivity index (χ2n) is 5.09. The molecule has 94 valence electrons. The predicted octanol–water partition coefficient (Wildman–Crippen LogP) is 2.01. The normalized spacial score (nSPS) is 26.8. The van der Waals surface area contributed by atoms with E-state index in [0.717, 1.165) is 38.8 Å². The maximum absolute atomic E-state index is 12.3. The van der Waals surface area contributed by atoms with Crippen molar-refractivity contribution >= 4 is 5.91 Å². The van der Waals surface area contributed by atoms with Gasteiger partial charge in [0.05, 0.1) is 5.92 Å². The van der Waals surface area contributed by atoms with Crippen LogP contribution in [0, 0.1) is 11.8 Å². The minimum Gasteiger partial charge on any atom is -0.342 e. The second-order valence-corrected chi connectivity index (χ2v) is 5.09. The van der Waals surface area contributed by atoms with Crippen LogP contribution < -0.4 is 5.73 Å². The Morgan fingerprint density at radius 1 is 1.44 bits per heavy atom. The Bertz CT molecular complexity index is 230. The SMILES string of the molecule is CCC(C)CN(CC)C(=O)C1CCCC1N. The molecule has 1 aliphatic rings. The van der Waals surface area contributed by atoms with Crippen LogP contribution in [0.4, 0.5) is 0 Å². The van der Waals surface area contributed by atoms with Crippen LogP contribution in [0.25, 0.3) is 0 Å². The third-order valence-corrected chi connectivity index (χ3v) is 3.81. The van der Waals surface area contributed by atoms with Gasteiger partial charge in [0, 0.05) is 19.1 Å². The number of carbonyl (C=O) groups is 1. The maximum Gasteiger partial charge on any atom is 0.227 e. The Morgan fingerprint density at radius 3 is 2.56 bits per heavy atom. The third-order valence-electron chi connectivity index (χ3n) is 3.81. The molecule has 0 spiro atoms. The Kier molecular flexibility index (Phi) is 5.26. The molecule has 1 aliphatic carbocycles. The summed E-state index contributed by atoms with van der Waals surface area (Å²) in [4.78, 5) is 14.3. The molecule has 0 saturated heterocycles. The van der Waals surface area contributed by atoms with Crippen LogP contribution in [-0.4, -0.2) is 29.9 Å². The summed E-state index contributed by atoms with van der Waals surface area (Å²) in [5, 5.41) is 0. The highest BCUT2D eigenvalue weighted by atomic mass is 16.2. The summed E-state index contributed by atoms with van der Waals surface area (Å²) < 4.78 is 0. The molecule has 3 nitrogen and oxygen atoms in total. The molecule has 0 aromatic carbocycles. The van der Waals surface area contributed by atoms with E-state index in [-0.39, 0.29) is 17.9 Å². The van der Waals surface area contributed by atoms with Crippen molar-refractivity contribution in [3.05, 3.63) is 0 Å². The lowest BCUT2D eigenvalue weighted by Crippen LogP contribution is -2.43. The molecule has 16 heavy (non-hydrogen) atoms. The fourth-order valence-corrected chi connectivity index (χ4v) is 2.41. The van der Waals surface area contributed by atoms with Crippen LogP contribution in [0.5, 0.6) is 0 Å². The Morgan fingerprint density at radius 2 is 2.12 bits per heavy atom. The second kappa shape index (κ2) is 6.24. The summed E-state index contributed by atoms with van der Waals surface area (Å²) in [6.07, 6.45) is 4.23. The van der Waals surface area contributed by atoms with Crippen LogP contribution in [0.15, 0.2) is 0 Å². The summed E-state index contributed by atoms with van der Waals surface area (Å²) in [6.45, 7) is 8.12. The lowest BCUT2D eigenvalue weighted by atomic mass is 10.0. The van der Waals surface area contributed by atoms with Crippen LogP contribution >= 0.6 is 0 Å². The van der Waals surface area contributed by atoms with E-state index in [4.69, 9.17) is 5.73 Å². The van der Waals surface area contributed by atoms with Crippen molar-refractivity contribution in [2.75, 3.05) is 13.1 Å². The van der Waals surface area contributed by atoms with Crippen molar-refractivity contribution < 1.29 is 4.79 Å². The van der Waals surface area contributed by atoms with E-state index in [2.05, 4.69) is 20.8 Å². The molecule has 3 atom stereocenters. The summed E-state index contributed by atoms with van der Waals surface area (Å²) in [5.41, 5.74) is 5.99. The van der Waals surface area contributed by atoms with Gasteiger partial charge in [0.2, 0.25) is 5.91 Å². The topological polar surface area (TPSA) is 46.3 Å². The van der Waals surface area contributed by atoms with Crippen LogP contribution in [-0.2, 0) is 4.79 Å². The van der Waals surface area contributed by atoms with Gasteiger partial charge >= 0.3 is 0 Å². The number of rotatable bonds is 5. The van der Waals surface area contributed by atoms with Gasteiger partial charge in [0.1, 0.15) is 0 Å². The zero-order valence-electron chi connectivity index (χ0n) is 10.9. The fraction of sp³-hybridized carbons (Fsp3) is 0.923. The van der Waals surface area contributed by atoms with Gasteiger partial charge in [-0.1, -0.05) is 26.7 Å². The molecule has 0 aromatic heterocycles. The van der Waals surface area contributed by atoms with Crippen molar-refractivity contribution in [3.8, 4) is 0 Å². The van der Waals surface area contributed by atoms with Gasteiger partial charge in [-0.2, -0.15) is 0 Å². The summed E-state index contributed by atoms with van der Waals surface area (Å²) in [5.74, 6) is 0.957. The zero-order valence-corrected chi connectivity index (χ0v) is 10.9. The quantitative estimate of drug-likeness (QED) is 0.779. The third kappa shape index (κ3) is 3.21. The lowest BCUT2D eigenvalue weighted by Gasteiger charge is -2.28. The number of hydrogen-bond acceptors (Lipinski definition) is 2. The number of carbonyl (C=O) groups excluding carboxylic acids is 1. The van der Waals surface area contributed by atoms with Gasteiger partial charge in [0.25, 0.3) is 0 Å². The first-order valence-electron chi connectivity index (χ1n) is 6.64. The highest BCUT2D eigenvalue weighted by molar-refractivity contribution is 5.79. The monoisotopic (exact) mass is 226 g/mol. The highest BCUT2D eigenvalue weighted by Crippen LogP contribution is 2.26. The summed E-state index contributed by atoms with van der Waals surface area (Å²) in [7, 11) is 0. The zero-order chi connectivity index (χ0) is 12.1. The van der Waals surface area contributed by atoms with E-state index >= 15 is 0 Å². The molecule has 0 heterocycles. The number of nitrogens with two attached hydrogens (primary N) is 1. The predicted molar refractivity (Wildman–Crippen MR) is 67.0 cm³/mol. The molecule has 0 aromatic rings. The van der Waals surface area contributed by atoms with E-state index in [9.17, 15) is 4.79 Å². The van der Waals surface area contributed by atoms with Gasteiger partial charge in [-0.05, 0) is 25.7 Å². The van der Waals surface area contributed by atoms with Crippen LogP contribution in [0.3, 0.4) is 0 Å². The van der Waals surface area contributed by atoms with E-state index in [0.29, 0.717) is 5.92 Å². The van der Waals surface area contributed by atoms with E-state index in [1.807, 2.05) is 4.90 Å². The van der Waals surface area contributed by atoms with Crippen molar-refractivity contribution in [2.45, 2.75) is 52.5 Å². The average Bonchev–Trinajstić information content (AvgIpc) is 2.71. The molecular weight excluding hydrogens is 200 g/mol. The number of amides is 1. The van der Waals surface area contributed by atoms with Crippen LogP contribution in [0.2, 0.25) is 0 Å². The molecule has 1 amide bonds. The largest absolute Gasteiger partial charge is 0.342 e. The molecule has 0 aliphatic heterocycles. The highest BCUT2D eigenvalue weighted by Gasteiger charge is 2.32. The molecular formula is C13H26N2O. The molecule has 1 saturated carbocycles. The Hall–Kier alpha value is -0.570. The number of hydrogen-bond donors (Lipinski definition) is 1. The van der Waals surface area contributed by atoms with E-state index < -0.39 is 0 Å². The molecule has 0 radical (unpaired) electrons. The van der Waals surface area contributed by atoms with Crippen molar-refractivity contribution in [3.63, 3.8) is 0 Å². The van der Waals surface area contributed by atoms with Gasteiger partial charge < -0.3 is 10.6 Å². The molecule has 1 rings (SSSR count). The first-order valence-corrected chi connectivity index (χ1v) is 6.64. The standard InChI is InChI=1S/C13H26N2O/c1-4-10(3)9-15(5-2)13(16)11-7-6-8-12(11)14/h10-12H,4-9,14H2,1-3H3.